The first-order valence-electron chi connectivity index (χ1n) is 7.19. The Balaban J connectivity index is 1.61. The van der Waals surface area contributed by atoms with Gasteiger partial charge in [0.15, 0.2) is 0 Å². The van der Waals surface area contributed by atoms with Crippen molar-refractivity contribution in [1.29, 1.82) is 0 Å². The van der Waals surface area contributed by atoms with Crippen molar-refractivity contribution in [1.82, 2.24) is 9.88 Å². The second-order valence-corrected chi connectivity index (χ2v) is 5.94. The van der Waals surface area contributed by atoms with Gasteiger partial charge in [-0.3, -0.25) is 9.88 Å². The van der Waals surface area contributed by atoms with Gasteiger partial charge in [0.25, 0.3) is 0 Å². The van der Waals surface area contributed by atoms with Gasteiger partial charge in [0.1, 0.15) is 0 Å². The Morgan fingerprint density at radius 2 is 1.83 bits per heavy atom. The summed E-state index contributed by atoms with van der Waals surface area (Å²) < 4.78 is 0. The minimum Gasteiger partial charge on any atom is -0.325 e. The number of nitrogens with two attached hydrogens (primary N) is 1. The minimum atomic E-state index is 0.541. The Hall–Kier alpha value is -0.930. The Morgan fingerprint density at radius 1 is 1.17 bits per heavy atom. The molecule has 0 saturated heterocycles. The third kappa shape index (κ3) is 3.53. The average molecular weight is 245 g/mol. The second kappa shape index (κ2) is 5.37. The smallest absolute Gasteiger partial charge is 0.0542 e. The van der Waals surface area contributed by atoms with E-state index in [0.29, 0.717) is 6.54 Å². The second-order valence-electron chi connectivity index (χ2n) is 5.94. The molecule has 3 nitrogen and oxygen atoms in total. The van der Waals surface area contributed by atoms with Crippen LogP contribution in [-0.4, -0.2) is 23.0 Å². The van der Waals surface area contributed by atoms with Crippen LogP contribution in [0.4, 0.5) is 0 Å². The summed E-state index contributed by atoms with van der Waals surface area (Å²) in [5.41, 5.74) is 8.03. The first-order valence-corrected chi connectivity index (χ1v) is 7.19. The Kier molecular flexibility index (Phi) is 3.62. The van der Waals surface area contributed by atoms with Gasteiger partial charge >= 0.3 is 0 Å². The van der Waals surface area contributed by atoms with Crippen LogP contribution in [0.1, 0.15) is 36.9 Å². The standard InChI is InChI=1S/C15H23N3/c16-8-15-7-14(5-6-17-15)11-18(9-12-1-2-12)10-13-3-4-13/h5-7,12-13H,1-4,8-11,16H2. The quantitative estimate of drug-likeness (QED) is 0.800. The van der Waals surface area contributed by atoms with Gasteiger partial charge in [0.2, 0.25) is 0 Å². The van der Waals surface area contributed by atoms with Crippen molar-refractivity contribution >= 4 is 0 Å². The highest BCUT2D eigenvalue weighted by molar-refractivity contribution is 5.16. The molecule has 2 aliphatic carbocycles. The zero-order valence-electron chi connectivity index (χ0n) is 11.0. The van der Waals surface area contributed by atoms with E-state index in [1.54, 1.807) is 0 Å². The first-order chi connectivity index (χ1) is 8.83. The summed E-state index contributed by atoms with van der Waals surface area (Å²) in [6, 6.07) is 4.29. The lowest BCUT2D eigenvalue weighted by molar-refractivity contribution is 0.244. The van der Waals surface area contributed by atoms with Gasteiger partial charge in [-0.15, -0.1) is 0 Å². The molecule has 1 heterocycles. The fourth-order valence-corrected chi connectivity index (χ4v) is 2.53. The topological polar surface area (TPSA) is 42.1 Å². The lowest BCUT2D eigenvalue weighted by Crippen LogP contribution is -2.28. The van der Waals surface area contributed by atoms with E-state index in [2.05, 4.69) is 22.0 Å². The van der Waals surface area contributed by atoms with Crippen LogP contribution in [0.3, 0.4) is 0 Å². The molecular weight excluding hydrogens is 222 g/mol. The monoisotopic (exact) mass is 245 g/mol. The minimum absolute atomic E-state index is 0.541. The van der Waals surface area contributed by atoms with Gasteiger partial charge < -0.3 is 5.73 Å². The molecule has 0 atom stereocenters. The first kappa shape index (κ1) is 12.1. The van der Waals surface area contributed by atoms with Crippen LogP contribution in [0.25, 0.3) is 0 Å². The summed E-state index contributed by atoms with van der Waals surface area (Å²) in [5, 5.41) is 0. The highest BCUT2D eigenvalue weighted by Crippen LogP contribution is 2.34. The van der Waals surface area contributed by atoms with Gasteiger partial charge in [-0.1, -0.05) is 0 Å². The largest absolute Gasteiger partial charge is 0.325 e. The van der Waals surface area contributed by atoms with Crippen LogP contribution < -0.4 is 5.73 Å². The maximum Gasteiger partial charge on any atom is 0.0542 e. The lowest BCUT2D eigenvalue weighted by atomic mass is 10.2. The molecule has 2 aliphatic rings. The van der Waals surface area contributed by atoms with Crippen molar-refractivity contribution in [3.05, 3.63) is 29.6 Å². The Labute approximate surface area is 109 Å². The Bertz CT molecular complexity index is 382. The van der Waals surface area contributed by atoms with Crippen molar-refractivity contribution in [2.45, 2.75) is 38.8 Å². The SMILES string of the molecule is NCc1cc(CN(CC2CC2)CC2CC2)ccn1. The van der Waals surface area contributed by atoms with Crippen molar-refractivity contribution in [3.8, 4) is 0 Å². The van der Waals surface area contributed by atoms with Crippen LogP contribution in [-0.2, 0) is 13.1 Å². The summed E-state index contributed by atoms with van der Waals surface area (Å²) >= 11 is 0. The van der Waals surface area contributed by atoms with E-state index < -0.39 is 0 Å². The molecule has 3 heteroatoms. The third-order valence-corrected chi connectivity index (χ3v) is 3.92. The highest BCUT2D eigenvalue weighted by Gasteiger charge is 2.29. The number of aromatic nitrogens is 1. The number of rotatable bonds is 7. The van der Waals surface area contributed by atoms with E-state index in [-0.39, 0.29) is 0 Å². The lowest BCUT2D eigenvalue weighted by Gasteiger charge is -2.22. The predicted molar refractivity (Wildman–Crippen MR) is 72.9 cm³/mol. The maximum atomic E-state index is 5.65. The molecule has 1 aromatic heterocycles. The molecule has 2 fully saturated rings. The molecule has 0 radical (unpaired) electrons. The van der Waals surface area contributed by atoms with E-state index in [4.69, 9.17) is 5.73 Å². The Morgan fingerprint density at radius 3 is 2.39 bits per heavy atom. The van der Waals surface area contributed by atoms with Crippen LogP contribution >= 0.6 is 0 Å². The number of pyridine rings is 1. The molecule has 1 aromatic rings. The van der Waals surface area contributed by atoms with Gasteiger partial charge in [0.05, 0.1) is 5.69 Å². The van der Waals surface area contributed by atoms with Crippen molar-refractivity contribution in [3.63, 3.8) is 0 Å². The van der Waals surface area contributed by atoms with Crippen LogP contribution in [0, 0.1) is 11.8 Å². The van der Waals surface area contributed by atoms with Crippen LogP contribution in [0.2, 0.25) is 0 Å². The molecule has 0 aliphatic heterocycles. The predicted octanol–water partition coefficient (Wildman–Crippen LogP) is 2.16. The fourth-order valence-electron chi connectivity index (χ4n) is 2.53. The molecule has 0 spiro atoms. The molecule has 0 bridgehead atoms. The number of hydrogen-bond acceptors (Lipinski definition) is 3. The molecule has 0 aromatic carbocycles. The molecule has 98 valence electrons. The summed E-state index contributed by atoms with van der Waals surface area (Å²) in [6.07, 6.45) is 7.64. The van der Waals surface area contributed by atoms with E-state index in [1.807, 2.05) is 6.20 Å². The van der Waals surface area contributed by atoms with Crippen LogP contribution in [0.15, 0.2) is 18.3 Å². The molecule has 0 amide bonds. The van der Waals surface area contributed by atoms with E-state index in [0.717, 1.165) is 24.1 Å². The molecular formula is C15H23N3. The summed E-state index contributed by atoms with van der Waals surface area (Å²) in [6.45, 7) is 4.19. The zero-order valence-corrected chi connectivity index (χ0v) is 11.0. The van der Waals surface area contributed by atoms with E-state index >= 15 is 0 Å². The average Bonchev–Trinajstić information content (AvgIpc) is 3.25. The van der Waals surface area contributed by atoms with Crippen LogP contribution in [0.5, 0.6) is 0 Å². The maximum absolute atomic E-state index is 5.65. The number of nitrogens with zero attached hydrogens (tertiary/aromatic N) is 2. The molecule has 2 N–H and O–H groups in total. The highest BCUT2D eigenvalue weighted by atomic mass is 15.1. The van der Waals surface area contributed by atoms with E-state index in [1.165, 1.54) is 44.3 Å². The molecule has 18 heavy (non-hydrogen) atoms. The van der Waals surface area contributed by atoms with Gasteiger partial charge in [-0.25, -0.2) is 0 Å². The molecule has 3 rings (SSSR count). The van der Waals surface area contributed by atoms with Gasteiger partial charge in [-0.2, -0.15) is 0 Å². The van der Waals surface area contributed by atoms with Crippen molar-refractivity contribution in [2.75, 3.05) is 13.1 Å². The molecule has 0 unspecified atom stereocenters. The zero-order chi connectivity index (χ0) is 12.4. The molecule has 2 saturated carbocycles. The van der Waals surface area contributed by atoms with Gasteiger partial charge in [0, 0.05) is 32.4 Å². The number of hydrogen-bond donors (Lipinski definition) is 1. The van der Waals surface area contributed by atoms with E-state index in [9.17, 15) is 0 Å². The third-order valence-electron chi connectivity index (χ3n) is 3.92. The van der Waals surface area contributed by atoms with Gasteiger partial charge in [-0.05, 0) is 55.2 Å². The summed E-state index contributed by atoms with van der Waals surface area (Å²) in [7, 11) is 0. The van der Waals surface area contributed by atoms with Crippen molar-refractivity contribution in [2.24, 2.45) is 17.6 Å². The summed E-state index contributed by atoms with van der Waals surface area (Å²) in [4.78, 5) is 6.91. The normalized spacial score (nSPS) is 19.4. The fraction of sp³-hybridized carbons (Fsp3) is 0.667. The summed E-state index contributed by atoms with van der Waals surface area (Å²) in [5.74, 6) is 1.94. The van der Waals surface area contributed by atoms with Crippen molar-refractivity contribution < 1.29 is 0 Å².